The largest absolute Gasteiger partial charge is 0.327 e. The molecule has 2 N–H and O–H groups in total. The van der Waals surface area contributed by atoms with Gasteiger partial charge < -0.3 is 5.73 Å². The third kappa shape index (κ3) is 5.21. The van der Waals surface area contributed by atoms with Crippen LogP contribution < -0.4 is 5.73 Å². The summed E-state index contributed by atoms with van der Waals surface area (Å²) in [6.45, 7) is 2.45. The van der Waals surface area contributed by atoms with Crippen LogP contribution in [0.3, 0.4) is 0 Å². The monoisotopic (exact) mass is 298 g/mol. The second kappa shape index (κ2) is 5.85. The normalized spacial score (nSPS) is 24.9. The Hall–Kier alpha value is -0.180. The van der Waals surface area contributed by atoms with E-state index in [1.54, 1.807) is 6.92 Å². The number of sulfone groups is 1. The van der Waals surface area contributed by atoms with E-state index >= 15 is 0 Å². The van der Waals surface area contributed by atoms with Gasteiger partial charge in [0.05, 0.1) is 17.8 Å². The molecule has 18 heavy (non-hydrogen) atoms. The Morgan fingerprint density at radius 2 is 1.94 bits per heavy atom. The van der Waals surface area contributed by atoms with Crippen LogP contribution in [0.25, 0.3) is 0 Å². The highest BCUT2D eigenvalue weighted by Crippen LogP contribution is 2.20. The van der Waals surface area contributed by atoms with Crippen molar-refractivity contribution in [3.63, 3.8) is 0 Å². The lowest BCUT2D eigenvalue weighted by Crippen LogP contribution is -2.42. The Bertz CT molecular complexity index is 470. The predicted octanol–water partition coefficient (Wildman–Crippen LogP) is -0.580. The Balaban J connectivity index is 2.64. The van der Waals surface area contributed by atoms with Crippen LogP contribution in [-0.2, 0) is 19.9 Å². The summed E-state index contributed by atoms with van der Waals surface area (Å²) in [7, 11) is -6.42. The highest BCUT2D eigenvalue weighted by molar-refractivity contribution is 7.91. The van der Waals surface area contributed by atoms with E-state index in [0.717, 1.165) is 12.7 Å². The maximum absolute atomic E-state index is 11.8. The fourth-order valence-electron chi connectivity index (χ4n) is 2.29. The van der Waals surface area contributed by atoms with Crippen molar-refractivity contribution in [2.45, 2.75) is 25.8 Å². The number of hydrogen-bond acceptors (Lipinski definition) is 5. The van der Waals surface area contributed by atoms with Gasteiger partial charge in [-0.15, -0.1) is 0 Å². The van der Waals surface area contributed by atoms with Gasteiger partial charge in [0, 0.05) is 19.1 Å². The standard InChI is InChI=1S/C10H22N2O4S2/c1-9(11)7-18(15,16)8-10-4-3-5-12(6-10)17(2,13)14/h9-10H,3-8,11H2,1-2H3. The summed E-state index contributed by atoms with van der Waals surface area (Å²) in [5.41, 5.74) is 5.49. The van der Waals surface area contributed by atoms with Gasteiger partial charge in [-0.25, -0.2) is 21.1 Å². The lowest BCUT2D eigenvalue weighted by Gasteiger charge is -2.30. The average Bonchev–Trinajstić information content (AvgIpc) is 2.13. The zero-order valence-corrected chi connectivity index (χ0v) is 12.5. The van der Waals surface area contributed by atoms with Crippen molar-refractivity contribution in [3.05, 3.63) is 0 Å². The predicted molar refractivity (Wildman–Crippen MR) is 71.4 cm³/mol. The second-order valence-electron chi connectivity index (χ2n) is 5.18. The highest BCUT2D eigenvalue weighted by Gasteiger charge is 2.29. The number of piperidine rings is 1. The van der Waals surface area contributed by atoms with Crippen molar-refractivity contribution >= 4 is 19.9 Å². The van der Waals surface area contributed by atoms with Crippen LogP contribution >= 0.6 is 0 Å². The summed E-state index contributed by atoms with van der Waals surface area (Å²) in [5.74, 6) is -0.125. The fraction of sp³-hybridized carbons (Fsp3) is 1.00. The first-order chi connectivity index (χ1) is 8.10. The first-order valence-corrected chi connectivity index (χ1v) is 9.68. The maximum Gasteiger partial charge on any atom is 0.211 e. The number of nitrogens with zero attached hydrogens (tertiary/aromatic N) is 1. The molecule has 0 aliphatic carbocycles. The molecule has 0 aromatic carbocycles. The van der Waals surface area contributed by atoms with E-state index in [1.807, 2.05) is 0 Å². The Labute approximate surface area is 110 Å². The molecule has 1 rings (SSSR count). The van der Waals surface area contributed by atoms with Gasteiger partial charge in [0.15, 0.2) is 9.84 Å². The zero-order chi connectivity index (χ0) is 14.0. The van der Waals surface area contributed by atoms with Crippen LogP contribution in [0.15, 0.2) is 0 Å². The molecule has 2 unspecified atom stereocenters. The Morgan fingerprint density at radius 1 is 1.33 bits per heavy atom. The van der Waals surface area contributed by atoms with E-state index in [4.69, 9.17) is 5.73 Å². The molecule has 0 amide bonds. The van der Waals surface area contributed by atoms with Crippen LogP contribution in [0.1, 0.15) is 19.8 Å². The van der Waals surface area contributed by atoms with E-state index in [2.05, 4.69) is 0 Å². The molecular weight excluding hydrogens is 276 g/mol. The van der Waals surface area contributed by atoms with Crippen LogP contribution in [0.2, 0.25) is 0 Å². The van der Waals surface area contributed by atoms with Gasteiger partial charge in [-0.2, -0.15) is 0 Å². The molecule has 1 fully saturated rings. The number of hydrogen-bond donors (Lipinski definition) is 1. The summed E-state index contributed by atoms with van der Waals surface area (Å²) >= 11 is 0. The number of nitrogens with two attached hydrogens (primary N) is 1. The third-order valence-electron chi connectivity index (χ3n) is 2.96. The van der Waals surface area contributed by atoms with Crippen LogP contribution in [0.5, 0.6) is 0 Å². The molecule has 0 aromatic rings. The summed E-state index contributed by atoms with van der Waals surface area (Å²) < 4.78 is 47.9. The summed E-state index contributed by atoms with van der Waals surface area (Å²) in [4.78, 5) is 0. The molecule has 0 bridgehead atoms. The van der Waals surface area contributed by atoms with E-state index in [9.17, 15) is 16.8 Å². The Morgan fingerprint density at radius 3 is 2.44 bits per heavy atom. The van der Waals surface area contributed by atoms with E-state index in [0.29, 0.717) is 19.5 Å². The van der Waals surface area contributed by atoms with Crippen molar-refractivity contribution in [2.75, 3.05) is 30.9 Å². The second-order valence-corrected chi connectivity index (χ2v) is 9.32. The minimum atomic E-state index is -3.22. The summed E-state index contributed by atoms with van der Waals surface area (Å²) in [5, 5.41) is 0. The topological polar surface area (TPSA) is 97.5 Å². The third-order valence-corrected chi connectivity index (χ3v) is 6.24. The number of rotatable bonds is 5. The lowest BCUT2D eigenvalue weighted by molar-refractivity contribution is 0.283. The molecule has 6 nitrogen and oxygen atoms in total. The van der Waals surface area contributed by atoms with Crippen LogP contribution in [0, 0.1) is 5.92 Å². The average molecular weight is 298 g/mol. The Kier molecular flexibility index (Phi) is 5.16. The first-order valence-electron chi connectivity index (χ1n) is 6.01. The molecule has 0 saturated carbocycles. The van der Waals surface area contributed by atoms with Crippen molar-refractivity contribution in [3.8, 4) is 0 Å². The molecule has 8 heteroatoms. The van der Waals surface area contributed by atoms with Crippen molar-refractivity contribution in [2.24, 2.45) is 11.7 Å². The summed E-state index contributed by atoms with van der Waals surface area (Å²) in [6.07, 6.45) is 2.63. The minimum absolute atomic E-state index is 0.0283. The zero-order valence-electron chi connectivity index (χ0n) is 10.9. The molecule has 0 radical (unpaired) electrons. The van der Waals surface area contributed by atoms with E-state index in [1.165, 1.54) is 4.31 Å². The van der Waals surface area contributed by atoms with Gasteiger partial charge in [0.25, 0.3) is 0 Å². The van der Waals surface area contributed by atoms with Gasteiger partial charge in [0.2, 0.25) is 10.0 Å². The molecule has 0 aromatic heterocycles. The molecule has 108 valence electrons. The smallest absolute Gasteiger partial charge is 0.211 e. The fourth-order valence-corrected chi connectivity index (χ4v) is 5.16. The first kappa shape index (κ1) is 15.9. The van der Waals surface area contributed by atoms with E-state index in [-0.39, 0.29) is 23.5 Å². The lowest BCUT2D eigenvalue weighted by atomic mass is 10.0. The highest BCUT2D eigenvalue weighted by atomic mass is 32.2. The van der Waals surface area contributed by atoms with Crippen molar-refractivity contribution in [1.82, 2.24) is 4.31 Å². The van der Waals surface area contributed by atoms with E-state index < -0.39 is 19.9 Å². The molecule has 1 aliphatic heterocycles. The molecule has 1 aliphatic rings. The molecule has 0 spiro atoms. The van der Waals surface area contributed by atoms with Crippen molar-refractivity contribution < 1.29 is 16.8 Å². The quantitative estimate of drug-likeness (QED) is 0.732. The van der Waals surface area contributed by atoms with Gasteiger partial charge in [-0.1, -0.05) is 0 Å². The minimum Gasteiger partial charge on any atom is -0.327 e. The van der Waals surface area contributed by atoms with Crippen molar-refractivity contribution in [1.29, 1.82) is 0 Å². The van der Waals surface area contributed by atoms with Crippen LogP contribution in [0.4, 0.5) is 0 Å². The van der Waals surface area contributed by atoms with Gasteiger partial charge >= 0.3 is 0 Å². The van der Waals surface area contributed by atoms with Gasteiger partial charge in [-0.05, 0) is 25.7 Å². The number of sulfonamides is 1. The maximum atomic E-state index is 11.8. The molecule has 1 heterocycles. The molecule has 1 saturated heterocycles. The summed E-state index contributed by atoms with van der Waals surface area (Å²) in [6, 6.07) is -0.385. The molecule has 2 atom stereocenters. The molecular formula is C10H22N2O4S2. The SMILES string of the molecule is CC(N)CS(=O)(=O)CC1CCCN(S(C)(=O)=O)C1. The van der Waals surface area contributed by atoms with Gasteiger partial charge in [-0.3, -0.25) is 0 Å². The van der Waals surface area contributed by atoms with Crippen LogP contribution in [-0.4, -0.2) is 58.0 Å². The van der Waals surface area contributed by atoms with Gasteiger partial charge in [0.1, 0.15) is 0 Å².